The number of hydrogen-bond acceptors (Lipinski definition) is 3. The molecule has 0 aliphatic carbocycles. The van der Waals surface area contributed by atoms with Crippen LogP contribution in [0, 0.1) is 0 Å². The lowest BCUT2D eigenvalue weighted by Crippen LogP contribution is -2.37. The lowest BCUT2D eigenvalue weighted by molar-refractivity contribution is 0.475. The summed E-state index contributed by atoms with van der Waals surface area (Å²) in [7, 11) is 1.79. The standard InChI is InChI=1S/C18H25N3OS.HI/c1-3-16-10-11-17(23-16)13-21-18(19-2)20-12-4-5-14-6-8-15(22)9-7-14;/h6-11,22H,3-5,12-13H2,1-2H3,(H2,19,20,21);1H. The molecule has 3 N–H and O–H groups in total. The normalized spacial score (nSPS) is 11.0. The number of thiophene rings is 1. The highest BCUT2D eigenvalue weighted by atomic mass is 127. The van der Waals surface area contributed by atoms with Crippen molar-refractivity contribution in [2.75, 3.05) is 13.6 Å². The van der Waals surface area contributed by atoms with E-state index in [0.29, 0.717) is 5.75 Å². The Morgan fingerprint density at radius 3 is 2.42 bits per heavy atom. The van der Waals surface area contributed by atoms with Gasteiger partial charge in [0.25, 0.3) is 0 Å². The fourth-order valence-electron chi connectivity index (χ4n) is 2.26. The van der Waals surface area contributed by atoms with E-state index in [1.165, 1.54) is 15.3 Å². The summed E-state index contributed by atoms with van der Waals surface area (Å²) in [6, 6.07) is 11.8. The Labute approximate surface area is 165 Å². The van der Waals surface area contributed by atoms with E-state index in [-0.39, 0.29) is 24.0 Å². The van der Waals surface area contributed by atoms with Crippen molar-refractivity contribution in [3.8, 4) is 5.75 Å². The second-order valence-corrected chi connectivity index (χ2v) is 6.60. The molecule has 1 heterocycles. The molecule has 0 saturated heterocycles. The van der Waals surface area contributed by atoms with E-state index in [1.54, 1.807) is 19.2 Å². The first-order valence-corrected chi connectivity index (χ1v) is 8.83. The van der Waals surface area contributed by atoms with Gasteiger partial charge in [0.15, 0.2) is 5.96 Å². The summed E-state index contributed by atoms with van der Waals surface area (Å²) in [6.07, 6.45) is 3.09. The smallest absolute Gasteiger partial charge is 0.191 e. The summed E-state index contributed by atoms with van der Waals surface area (Å²) in [5.41, 5.74) is 1.23. The van der Waals surface area contributed by atoms with Gasteiger partial charge in [-0.2, -0.15) is 0 Å². The Bertz CT molecular complexity index is 625. The number of phenolic OH excluding ortho intramolecular Hbond substituents is 1. The number of nitrogens with zero attached hydrogens (tertiary/aromatic N) is 1. The van der Waals surface area contributed by atoms with Crippen LogP contribution in [0.4, 0.5) is 0 Å². The lowest BCUT2D eigenvalue weighted by Gasteiger charge is -2.11. The van der Waals surface area contributed by atoms with E-state index in [1.807, 2.05) is 23.5 Å². The third-order valence-corrected chi connectivity index (χ3v) is 4.82. The molecule has 0 aliphatic rings. The van der Waals surface area contributed by atoms with Crippen LogP contribution in [0.25, 0.3) is 0 Å². The van der Waals surface area contributed by atoms with Crippen LogP contribution in [-0.4, -0.2) is 24.7 Å². The number of hydrogen-bond donors (Lipinski definition) is 3. The Kier molecular flexibility index (Phi) is 9.78. The van der Waals surface area contributed by atoms with E-state index in [9.17, 15) is 5.11 Å². The van der Waals surface area contributed by atoms with Crippen LogP contribution in [-0.2, 0) is 19.4 Å². The van der Waals surface area contributed by atoms with Crippen LogP contribution in [0.3, 0.4) is 0 Å². The van der Waals surface area contributed by atoms with Crippen LogP contribution < -0.4 is 10.6 Å². The minimum Gasteiger partial charge on any atom is -0.508 e. The van der Waals surface area contributed by atoms with Gasteiger partial charge in [-0.25, -0.2) is 0 Å². The van der Waals surface area contributed by atoms with Crippen molar-refractivity contribution in [2.24, 2.45) is 4.99 Å². The molecule has 0 aliphatic heterocycles. The van der Waals surface area contributed by atoms with Gasteiger partial charge in [-0.15, -0.1) is 35.3 Å². The van der Waals surface area contributed by atoms with Crippen molar-refractivity contribution in [2.45, 2.75) is 32.7 Å². The number of aryl methyl sites for hydroxylation is 2. The monoisotopic (exact) mass is 459 g/mol. The number of rotatable bonds is 7. The van der Waals surface area contributed by atoms with Gasteiger partial charge < -0.3 is 15.7 Å². The van der Waals surface area contributed by atoms with E-state index in [2.05, 4.69) is 34.7 Å². The number of nitrogens with one attached hydrogen (secondary N) is 2. The largest absolute Gasteiger partial charge is 0.508 e. The highest BCUT2D eigenvalue weighted by Gasteiger charge is 2.01. The van der Waals surface area contributed by atoms with Crippen molar-refractivity contribution >= 4 is 41.3 Å². The van der Waals surface area contributed by atoms with Gasteiger partial charge in [0, 0.05) is 23.3 Å². The minimum absolute atomic E-state index is 0. The van der Waals surface area contributed by atoms with Crippen LogP contribution in [0.5, 0.6) is 5.75 Å². The number of aromatic hydroxyl groups is 1. The molecule has 6 heteroatoms. The van der Waals surface area contributed by atoms with E-state index >= 15 is 0 Å². The molecule has 2 aromatic rings. The molecule has 0 bridgehead atoms. The van der Waals surface area contributed by atoms with E-state index in [0.717, 1.165) is 38.3 Å². The first kappa shape index (κ1) is 20.8. The molecule has 0 amide bonds. The average Bonchev–Trinajstić information content (AvgIpc) is 3.04. The molecule has 1 aromatic carbocycles. The predicted octanol–water partition coefficient (Wildman–Crippen LogP) is 3.93. The lowest BCUT2D eigenvalue weighted by atomic mass is 10.1. The summed E-state index contributed by atoms with van der Waals surface area (Å²) >= 11 is 1.85. The van der Waals surface area contributed by atoms with Gasteiger partial charge in [-0.1, -0.05) is 19.1 Å². The van der Waals surface area contributed by atoms with Gasteiger partial charge in [0.05, 0.1) is 6.54 Å². The van der Waals surface area contributed by atoms with Crippen LogP contribution in [0.15, 0.2) is 41.4 Å². The van der Waals surface area contributed by atoms with Crippen LogP contribution in [0.1, 0.15) is 28.7 Å². The third kappa shape index (κ3) is 7.09. The highest BCUT2D eigenvalue weighted by Crippen LogP contribution is 2.16. The van der Waals surface area contributed by atoms with Gasteiger partial charge in [-0.3, -0.25) is 4.99 Å². The molecule has 0 fully saturated rings. The van der Waals surface area contributed by atoms with Crippen molar-refractivity contribution in [1.29, 1.82) is 0 Å². The fraction of sp³-hybridized carbons (Fsp3) is 0.389. The van der Waals surface area contributed by atoms with Gasteiger partial charge in [0.1, 0.15) is 5.75 Å². The van der Waals surface area contributed by atoms with Crippen LogP contribution >= 0.6 is 35.3 Å². The summed E-state index contributed by atoms with van der Waals surface area (Å²) in [6.45, 7) is 3.85. The summed E-state index contributed by atoms with van der Waals surface area (Å²) in [5, 5.41) is 15.9. The van der Waals surface area contributed by atoms with Crippen molar-refractivity contribution in [3.05, 3.63) is 51.7 Å². The zero-order chi connectivity index (χ0) is 16.5. The van der Waals surface area contributed by atoms with Crippen LogP contribution in [0.2, 0.25) is 0 Å². The molecule has 1 aromatic heterocycles. The zero-order valence-electron chi connectivity index (χ0n) is 14.2. The van der Waals surface area contributed by atoms with E-state index < -0.39 is 0 Å². The Morgan fingerprint density at radius 2 is 1.79 bits per heavy atom. The molecule has 0 radical (unpaired) electrons. The Hall–Kier alpha value is -1.28. The quantitative estimate of drug-likeness (QED) is 0.255. The maximum Gasteiger partial charge on any atom is 0.191 e. The molecule has 0 saturated carbocycles. The predicted molar refractivity (Wildman–Crippen MR) is 114 cm³/mol. The first-order chi connectivity index (χ1) is 11.2. The molecule has 24 heavy (non-hydrogen) atoms. The molecule has 4 nitrogen and oxygen atoms in total. The van der Waals surface area contributed by atoms with Crippen molar-refractivity contribution in [1.82, 2.24) is 10.6 Å². The number of guanidine groups is 1. The van der Waals surface area contributed by atoms with Crippen molar-refractivity contribution < 1.29 is 5.11 Å². The second-order valence-electron chi connectivity index (χ2n) is 5.34. The molecular formula is C18H26IN3OS. The molecule has 0 unspecified atom stereocenters. The SMILES string of the molecule is CCc1ccc(CNC(=NC)NCCCc2ccc(O)cc2)s1.I. The summed E-state index contributed by atoms with van der Waals surface area (Å²) < 4.78 is 0. The van der Waals surface area contributed by atoms with Gasteiger partial charge >= 0.3 is 0 Å². The molecule has 0 atom stereocenters. The number of aliphatic imine (C=N–C) groups is 1. The maximum absolute atomic E-state index is 9.27. The summed E-state index contributed by atoms with van der Waals surface area (Å²) in [4.78, 5) is 7.00. The fourth-order valence-corrected chi connectivity index (χ4v) is 3.16. The highest BCUT2D eigenvalue weighted by molar-refractivity contribution is 14.0. The molecule has 0 spiro atoms. The molecular weight excluding hydrogens is 433 g/mol. The topological polar surface area (TPSA) is 56.7 Å². The molecule has 132 valence electrons. The number of halogens is 1. The Morgan fingerprint density at radius 1 is 1.08 bits per heavy atom. The third-order valence-electron chi connectivity index (χ3n) is 3.59. The number of phenols is 1. The van der Waals surface area contributed by atoms with Gasteiger partial charge in [-0.05, 0) is 49.1 Å². The van der Waals surface area contributed by atoms with Crippen molar-refractivity contribution in [3.63, 3.8) is 0 Å². The first-order valence-electron chi connectivity index (χ1n) is 8.01. The number of benzene rings is 1. The zero-order valence-corrected chi connectivity index (χ0v) is 17.4. The Balaban J connectivity index is 0.00000288. The summed E-state index contributed by atoms with van der Waals surface area (Å²) in [5.74, 6) is 1.15. The molecule has 2 rings (SSSR count). The second kappa shape index (κ2) is 11.3. The average molecular weight is 459 g/mol. The van der Waals surface area contributed by atoms with E-state index in [4.69, 9.17) is 0 Å². The van der Waals surface area contributed by atoms with Gasteiger partial charge in [0.2, 0.25) is 0 Å². The minimum atomic E-state index is 0. The maximum atomic E-state index is 9.27.